The highest BCUT2D eigenvalue weighted by Crippen LogP contribution is 2.33. The Morgan fingerprint density at radius 2 is 1.55 bits per heavy atom. The number of alkyl halides is 1. The first-order valence-electron chi connectivity index (χ1n) is 6.48. The van der Waals surface area contributed by atoms with Crippen LogP contribution < -0.4 is 0 Å². The van der Waals surface area contributed by atoms with Gasteiger partial charge in [0.2, 0.25) is 0 Å². The number of rotatable bonds is 3. The molecule has 2 nitrogen and oxygen atoms in total. The van der Waals surface area contributed by atoms with Crippen LogP contribution in [0.1, 0.15) is 22.7 Å². The van der Waals surface area contributed by atoms with E-state index in [-0.39, 0.29) is 0 Å². The monoisotopic (exact) mass is 283 g/mol. The second-order valence-electron chi connectivity index (χ2n) is 4.69. The summed E-state index contributed by atoms with van der Waals surface area (Å²) in [7, 11) is 0. The lowest BCUT2D eigenvalue weighted by molar-refractivity contribution is 0.171. The standard InChI is InChI=1S/C17H14ClNO/c18-16(17(20)13-7-2-1-3-8-13)15-11-10-12-6-4-5-9-14(12)19-15/h1-11,16-17,20H. The molecule has 2 aromatic carbocycles. The predicted octanol–water partition coefficient (Wildman–Crippen LogP) is 4.25. The van der Waals surface area contributed by atoms with Gasteiger partial charge in [-0.3, -0.25) is 4.98 Å². The lowest BCUT2D eigenvalue weighted by Crippen LogP contribution is -2.07. The Balaban J connectivity index is 1.94. The summed E-state index contributed by atoms with van der Waals surface area (Å²) < 4.78 is 0. The van der Waals surface area contributed by atoms with Gasteiger partial charge in [0.25, 0.3) is 0 Å². The van der Waals surface area contributed by atoms with E-state index in [2.05, 4.69) is 4.98 Å². The zero-order chi connectivity index (χ0) is 13.9. The van der Waals surface area contributed by atoms with E-state index in [9.17, 15) is 5.11 Å². The third-order valence-corrected chi connectivity index (χ3v) is 3.78. The maximum Gasteiger partial charge on any atom is 0.106 e. The van der Waals surface area contributed by atoms with Crippen molar-refractivity contribution in [3.63, 3.8) is 0 Å². The number of fused-ring (bicyclic) bond motifs is 1. The fourth-order valence-corrected chi connectivity index (χ4v) is 2.48. The third kappa shape index (κ3) is 2.53. The van der Waals surface area contributed by atoms with E-state index in [1.807, 2.05) is 66.7 Å². The number of aliphatic hydroxyl groups is 1. The van der Waals surface area contributed by atoms with Crippen molar-refractivity contribution in [2.75, 3.05) is 0 Å². The smallest absolute Gasteiger partial charge is 0.106 e. The Labute approximate surface area is 122 Å². The minimum atomic E-state index is -0.772. The average molecular weight is 284 g/mol. The summed E-state index contributed by atoms with van der Waals surface area (Å²) in [5.41, 5.74) is 2.36. The molecule has 100 valence electrons. The van der Waals surface area contributed by atoms with E-state index >= 15 is 0 Å². The molecule has 3 aromatic rings. The molecule has 0 aliphatic heterocycles. The van der Waals surface area contributed by atoms with Crippen molar-refractivity contribution in [1.29, 1.82) is 0 Å². The van der Waals surface area contributed by atoms with Crippen LogP contribution in [0.3, 0.4) is 0 Å². The number of nitrogens with zero attached hydrogens (tertiary/aromatic N) is 1. The van der Waals surface area contributed by atoms with Crippen LogP contribution in [0.25, 0.3) is 10.9 Å². The van der Waals surface area contributed by atoms with Gasteiger partial charge in [0.15, 0.2) is 0 Å². The van der Waals surface area contributed by atoms with Crippen LogP contribution in [-0.4, -0.2) is 10.1 Å². The van der Waals surface area contributed by atoms with Crippen LogP contribution in [0, 0.1) is 0 Å². The summed E-state index contributed by atoms with van der Waals surface area (Å²) in [5.74, 6) is 0. The normalized spacial score (nSPS) is 14.1. The van der Waals surface area contributed by atoms with Gasteiger partial charge in [0.1, 0.15) is 11.5 Å². The van der Waals surface area contributed by atoms with E-state index in [0.29, 0.717) is 5.69 Å². The molecule has 0 bridgehead atoms. The Hall–Kier alpha value is -1.90. The topological polar surface area (TPSA) is 33.1 Å². The number of benzene rings is 2. The molecule has 0 fully saturated rings. The maximum atomic E-state index is 10.3. The van der Waals surface area contributed by atoms with Crippen molar-refractivity contribution < 1.29 is 5.11 Å². The van der Waals surface area contributed by atoms with E-state index in [1.54, 1.807) is 0 Å². The zero-order valence-corrected chi connectivity index (χ0v) is 11.5. The molecule has 2 unspecified atom stereocenters. The number of para-hydroxylation sites is 1. The van der Waals surface area contributed by atoms with Crippen LogP contribution in [0.15, 0.2) is 66.7 Å². The van der Waals surface area contributed by atoms with Crippen molar-refractivity contribution >= 4 is 22.5 Å². The van der Waals surface area contributed by atoms with Gasteiger partial charge in [-0.15, -0.1) is 11.6 Å². The third-order valence-electron chi connectivity index (χ3n) is 3.32. The van der Waals surface area contributed by atoms with Crippen LogP contribution >= 0.6 is 11.6 Å². The van der Waals surface area contributed by atoms with Crippen LogP contribution in [0.2, 0.25) is 0 Å². The van der Waals surface area contributed by atoms with Crippen LogP contribution in [0.4, 0.5) is 0 Å². The molecular formula is C17H14ClNO. The number of aliphatic hydroxyl groups excluding tert-OH is 1. The van der Waals surface area contributed by atoms with Gasteiger partial charge in [0.05, 0.1) is 11.2 Å². The fourth-order valence-electron chi connectivity index (χ4n) is 2.22. The van der Waals surface area contributed by atoms with Crippen molar-refractivity contribution in [3.8, 4) is 0 Å². The molecule has 0 aliphatic carbocycles. The van der Waals surface area contributed by atoms with Crippen molar-refractivity contribution in [2.24, 2.45) is 0 Å². The Kier molecular flexibility index (Phi) is 3.68. The largest absolute Gasteiger partial charge is 0.386 e. The molecule has 0 saturated heterocycles. The lowest BCUT2D eigenvalue weighted by Gasteiger charge is -2.17. The molecule has 3 heteroatoms. The van der Waals surface area contributed by atoms with Gasteiger partial charge in [-0.2, -0.15) is 0 Å². The molecule has 1 aromatic heterocycles. The highest BCUT2D eigenvalue weighted by molar-refractivity contribution is 6.21. The summed E-state index contributed by atoms with van der Waals surface area (Å²) in [4.78, 5) is 4.53. The van der Waals surface area contributed by atoms with E-state index in [4.69, 9.17) is 11.6 Å². The fraction of sp³-hybridized carbons (Fsp3) is 0.118. The molecule has 3 rings (SSSR count). The number of halogens is 1. The summed E-state index contributed by atoms with van der Waals surface area (Å²) >= 11 is 6.38. The first-order valence-corrected chi connectivity index (χ1v) is 6.92. The molecule has 1 N–H and O–H groups in total. The highest BCUT2D eigenvalue weighted by atomic mass is 35.5. The summed E-state index contributed by atoms with van der Waals surface area (Å²) in [6.45, 7) is 0. The van der Waals surface area contributed by atoms with Gasteiger partial charge in [-0.25, -0.2) is 0 Å². The average Bonchev–Trinajstić information content (AvgIpc) is 2.54. The second kappa shape index (κ2) is 5.61. The maximum absolute atomic E-state index is 10.3. The van der Waals surface area contributed by atoms with Gasteiger partial charge in [-0.05, 0) is 17.7 Å². The molecule has 2 atom stereocenters. The quantitative estimate of drug-likeness (QED) is 0.729. The van der Waals surface area contributed by atoms with E-state index in [0.717, 1.165) is 16.5 Å². The molecule has 20 heavy (non-hydrogen) atoms. The molecule has 0 spiro atoms. The number of pyridine rings is 1. The zero-order valence-electron chi connectivity index (χ0n) is 10.8. The summed E-state index contributed by atoms with van der Waals surface area (Å²) in [6, 6.07) is 21.1. The molecular weight excluding hydrogens is 270 g/mol. The molecule has 1 heterocycles. The minimum absolute atomic E-state index is 0.568. The van der Waals surface area contributed by atoms with Gasteiger partial charge in [0, 0.05) is 5.39 Å². The molecule has 0 saturated carbocycles. The Bertz CT molecular complexity index is 714. The Morgan fingerprint density at radius 1 is 0.850 bits per heavy atom. The molecule has 0 amide bonds. The SMILES string of the molecule is OC(c1ccccc1)C(Cl)c1ccc2ccccc2n1. The first kappa shape index (κ1) is 13.1. The summed E-state index contributed by atoms with van der Waals surface area (Å²) in [6.07, 6.45) is -0.772. The van der Waals surface area contributed by atoms with Crippen LogP contribution in [-0.2, 0) is 0 Å². The molecule has 0 radical (unpaired) electrons. The van der Waals surface area contributed by atoms with Gasteiger partial charge in [-0.1, -0.05) is 54.6 Å². The minimum Gasteiger partial charge on any atom is -0.386 e. The van der Waals surface area contributed by atoms with Gasteiger partial charge >= 0.3 is 0 Å². The van der Waals surface area contributed by atoms with Crippen molar-refractivity contribution in [2.45, 2.75) is 11.5 Å². The summed E-state index contributed by atoms with van der Waals surface area (Å²) in [5, 5.41) is 10.8. The second-order valence-corrected chi connectivity index (χ2v) is 5.16. The van der Waals surface area contributed by atoms with Crippen molar-refractivity contribution in [3.05, 3.63) is 78.0 Å². The lowest BCUT2D eigenvalue weighted by atomic mass is 10.0. The molecule has 0 aliphatic rings. The van der Waals surface area contributed by atoms with Crippen molar-refractivity contribution in [1.82, 2.24) is 4.98 Å². The number of hydrogen-bond acceptors (Lipinski definition) is 2. The van der Waals surface area contributed by atoms with Crippen LogP contribution in [0.5, 0.6) is 0 Å². The highest BCUT2D eigenvalue weighted by Gasteiger charge is 2.21. The number of aromatic nitrogens is 1. The Morgan fingerprint density at radius 3 is 2.35 bits per heavy atom. The predicted molar refractivity (Wildman–Crippen MR) is 81.7 cm³/mol. The van der Waals surface area contributed by atoms with Gasteiger partial charge < -0.3 is 5.11 Å². The van der Waals surface area contributed by atoms with E-state index < -0.39 is 11.5 Å². The first-order chi connectivity index (χ1) is 9.75. The van der Waals surface area contributed by atoms with E-state index in [1.165, 1.54) is 0 Å². The number of hydrogen-bond donors (Lipinski definition) is 1.